The number of pyridine rings is 1. The van der Waals surface area contributed by atoms with Crippen molar-refractivity contribution in [2.45, 2.75) is 33.0 Å². The molecule has 1 aromatic heterocycles. The van der Waals surface area contributed by atoms with Gasteiger partial charge in [0.1, 0.15) is 0 Å². The van der Waals surface area contributed by atoms with Gasteiger partial charge in [-0.1, -0.05) is 13.8 Å². The average molecular weight is 287 g/mol. The Bertz CT molecular complexity index is 497. The molecular formula is C13H16F3N3O. The van der Waals surface area contributed by atoms with Crippen molar-refractivity contribution in [2.75, 3.05) is 6.54 Å². The van der Waals surface area contributed by atoms with Gasteiger partial charge in [0, 0.05) is 18.2 Å². The van der Waals surface area contributed by atoms with E-state index in [1.165, 1.54) is 11.1 Å². The summed E-state index contributed by atoms with van der Waals surface area (Å²) >= 11 is 0. The van der Waals surface area contributed by atoms with Gasteiger partial charge in [-0.3, -0.25) is 14.8 Å². The third-order valence-corrected chi connectivity index (χ3v) is 3.39. The Kier molecular flexibility index (Phi) is 3.73. The minimum Gasteiger partial charge on any atom is -0.277 e. The molecule has 1 fully saturated rings. The number of aromatic nitrogens is 1. The van der Waals surface area contributed by atoms with Gasteiger partial charge >= 0.3 is 6.18 Å². The zero-order chi connectivity index (χ0) is 15.0. The normalized spacial score (nSPS) is 18.6. The summed E-state index contributed by atoms with van der Waals surface area (Å²) in [5, 5.41) is 1.50. The second-order valence-corrected chi connectivity index (χ2v) is 5.46. The molecule has 1 aliphatic heterocycles. The van der Waals surface area contributed by atoms with E-state index in [-0.39, 0.29) is 17.9 Å². The van der Waals surface area contributed by atoms with Gasteiger partial charge in [-0.05, 0) is 18.6 Å². The van der Waals surface area contributed by atoms with Crippen LogP contribution in [0.25, 0.3) is 0 Å². The fourth-order valence-corrected chi connectivity index (χ4v) is 1.99. The lowest BCUT2D eigenvalue weighted by molar-refractivity contribution is -0.138. The maximum atomic E-state index is 12.4. The lowest BCUT2D eigenvalue weighted by Gasteiger charge is -2.20. The molecule has 0 aromatic carbocycles. The third-order valence-electron chi connectivity index (χ3n) is 3.39. The van der Waals surface area contributed by atoms with Crippen molar-refractivity contribution in [3.63, 3.8) is 0 Å². The number of halogens is 3. The standard InChI is InChI=1S/C13H16F3N3O/c1-12(2)5-6-19(11(12)20)18-8-10-4-3-9(7-17-10)13(14,15)16/h3-4,7,18H,5-6,8H2,1-2H3. The van der Waals surface area contributed by atoms with Gasteiger partial charge in [0.25, 0.3) is 0 Å². The van der Waals surface area contributed by atoms with E-state index in [0.29, 0.717) is 12.2 Å². The lowest BCUT2D eigenvalue weighted by Crippen LogP contribution is -2.41. The summed E-state index contributed by atoms with van der Waals surface area (Å²) in [6.07, 6.45) is -2.83. The van der Waals surface area contributed by atoms with Crippen molar-refractivity contribution in [2.24, 2.45) is 5.41 Å². The van der Waals surface area contributed by atoms with Crippen molar-refractivity contribution in [1.82, 2.24) is 15.4 Å². The Morgan fingerprint density at radius 1 is 1.40 bits per heavy atom. The maximum Gasteiger partial charge on any atom is 0.417 e. The van der Waals surface area contributed by atoms with Crippen molar-refractivity contribution < 1.29 is 18.0 Å². The van der Waals surface area contributed by atoms with E-state index in [4.69, 9.17) is 0 Å². The molecule has 20 heavy (non-hydrogen) atoms. The highest BCUT2D eigenvalue weighted by molar-refractivity contribution is 5.83. The maximum absolute atomic E-state index is 12.4. The molecule has 0 atom stereocenters. The number of rotatable bonds is 3. The molecule has 1 amide bonds. The molecule has 0 unspecified atom stereocenters. The smallest absolute Gasteiger partial charge is 0.277 e. The van der Waals surface area contributed by atoms with E-state index in [1.807, 2.05) is 13.8 Å². The number of hydrogen-bond donors (Lipinski definition) is 1. The minimum absolute atomic E-state index is 0.00980. The first-order valence-electron chi connectivity index (χ1n) is 6.28. The highest BCUT2D eigenvalue weighted by Crippen LogP contribution is 2.30. The van der Waals surface area contributed by atoms with Gasteiger partial charge < -0.3 is 0 Å². The van der Waals surface area contributed by atoms with Crippen LogP contribution in [0.3, 0.4) is 0 Å². The molecule has 7 heteroatoms. The largest absolute Gasteiger partial charge is 0.417 e. The van der Waals surface area contributed by atoms with Gasteiger partial charge in [-0.25, -0.2) is 5.43 Å². The zero-order valence-corrected chi connectivity index (χ0v) is 11.3. The van der Waals surface area contributed by atoms with E-state index in [9.17, 15) is 18.0 Å². The SMILES string of the molecule is CC1(C)CCN(NCc2ccc(C(F)(F)F)cn2)C1=O. The quantitative estimate of drug-likeness (QED) is 0.928. The predicted molar refractivity (Wildman–Crippen MR) is 66.2 cm³/mol. The molecule has 0 bridgehead atoms. The van der Waals surface area contributed by atoms with Gasteiger partial charge in [0.05, 0.1) is 17.8 Å². The summed E-state index contributed by atoms with van der Waals surface area (Å²) in [5.74, 6) is -0.00980. The van der Waals surface area contributed by atoms with Crippen LogP contribution < -0.4 is 5.43 Å². The van der Waals surface area contributed by atoms with Crippen LogP contribution in [0.2, 0.25) is 0 Å². The van der Waals surface area contributed by atoms with Gasteiger partial charge in [-0.2, -0.15) is 13.2 Å². The Labute approximate surface area is 115 Å². The number of hydrazine groups is 1. The van der Waals surface area contributed by atoms with E-state index in [2.05, 4.69) is 10.4 Å². The van der Waals surface area contributed by atoms with Crippen molar-refractivity contribution >= 4 is 5.91 Å². The highest BCUT2D eigenvalue weighted by Gasteiger charge is 2.38. The number of amides is 1. The molecular weight excluding hydrogens is 271 g/mol. The predicted octanol–water partition coefficient (Wildman–Crippen LogP) is 2.36. The van der Waals surface area contributed by atoms with E-state index in [0.717, 1.165) is 18.7 Å². The molecule has 1 aliphatic rings. The molecule has 1 N–H and O–H groups in total. The molecule has 4 nitrogen and oxygen atoms in total. The number of carbonyl (C=O) groups excluding carboxylic acids is 1. The average Bonchev–Trinajstić information content (AvgIpc) is 2.62. The fourth-order valence-electron chi connectivity index (χ4n) is 1.99. The second kappa shape index (κ2) is 5.05. The monoisotopic (exact) mass is 287 g/mol. The Balaban J connectivity index is 1.94. The molecule has 0 spiro atoms. The van der Waals surface area contributed by atoms with Crippen molar-refractivity contribution in [3.8, 4) is 0 Å². The fraction of sp³-hybridized carbons (Fsp3) is 0.538. The van der Waals surface area contributed by atoms with Crippen LogP contribution in [0.15, 0.2) is 18.3 Å². The van der Waals surface area contributed by atoms with Crippen LogP contribution in [0.4, 0.5) is 13.2 Å². The van der Waals surface area contributed by atoms with Gasteiger partial charge in [0.15, 0.2) is 0 Å². The zero-order valence-electron chi connectivity index (χ0n) is 11.3. The number of hydrogen-bond acceptors (Lipinski definition) is 3. The number of nitrogens with zero attached hydrogens (tertiary/aromatic N) is 2. The van der Waals surface area contributed by atoms with Crippen LogP contribution in [0, 0.1) is 5.41 Å². The third kappa shape index (κ3) is 3.09. The van der Waals surface area contributed by atoms with Gasteiger partial charge in [-0.15, -0.1) is 0 Å². The Morgan fingerprint density at radius 3 is 2.55 bits per heavy atom. The minimum atomic E-state index is -4.38. The summed E-state index contributed by atoms with van der Waals surface area (Å²) in [4.78, 5) is 15.7. The molecule has 2 heterocycles. The first kappa shape index (κ1) is 14.8. The lowest BCUT2D eigenvalue weighted by atomic mass is 9.92. The van der Waals surface area contributed by atoms with E-state index in [1.54, 1.807) is 0 Å². The topological polar surface area (TPSA) is 45.2 Å². The first-order chi connectivity index (χ1) is 9.20. The van der Waals surface area contributed by atoms with Crippen LogP contribution in [-0.2, 0) is 17.5 Å². The Hall–Kier alpha value is -1.63. The summed E-state index contributed by atoms with van der Waals surface area (Å²) in [7, 11) is 0. The molecule has 0 saturated carbocycles. The highest BCUT2D eigenvalue weighted by atomic mass is 19.4. The van der Waals surface area contributed by atoms with Crippen LogP contribution in [0.1, 0.15) is 31.5 Å². The second-order valence-electron chi connectivity index (χ2n) is 5.46. The van der Waals surface area contributed by atoms with Crippen LogP contribution in [0.5, 0.6) is 0 Å². The molecule has 110 valence electrons. The van der Waals surface area contributed by atoms with Crippen LogP contribution in [-0.4, -0.2) is 22.4 Å². The summed E-state index contributed by atoms with van der Waals surface area (Å²) in [6, 6.07) is 2.29. The summed E-state index contributed by atoms with van der Waals surface area (Å²) in [6.45, 7) is 4.55. The molecule has 0 aliphatic carbocycles. The molecule has 2 rings (SSSR count). The van der Waals surface area contributed by atoms with Crippen molar-refractivity contribution in [1.29, 1.82) is 0 Å². The van der Waals surface area contributed by atoms with Crippen LogP contribution >= 0.6 is 0 Å². The summed E-state index contributed by atoms with van der Waals surface area (Å²) < 4.78 is 37.1. The van der Waals surface area contributed by atoms with E-state index >= 15 is 0 Å². The van der Waals surface area contributed by atoms with Gasteiger partial charge in [0.2, 0.25) is 5.91 Å². The molecule has 1 saturated heterocycles. The molecule has 1 aromatic rings. The number of alkyl halides is 3. The van der Waals surface area contributed by atoms with E-state index < -0.39 is 11.7 Å². The number of nitrogens with one attached hydrogen (secondary N) is 1. The molecule has 0 radical (unpaired) electrons. The Morgan fingerprint density at radius 2 is 2.10 bits per heavy atom. The number of carbonyl (C=O) groups is 1. The van der Waals surface area contributed by atoms with Crippen molar-refractivity contribution in [3.05, 3.63) is 29.6 Å². The summed E-state index contributed by atoms with van der Waals surface area (Å²) in [5.41, 5.74) is 2.19. The first-order valence-corrected chi connectivity index (χ1v) is 6.28.